The highest BCUT2D eigenvalue weighted by atomic mass is 32.2. The average molecular weight is 233 g/mol. The minimum Gasteiger partial charge on any atom is -0.377 e. The topological polar surface area (TPSA) is 38.3 Å². The maximum Gasteiger partial charge on any atom is 0.0691 e. The monoisotopic (exact) mass is 233 g/mol. The predicted octanol–water partition coefficient (Wildman–Crippen LogP) is 1.30. The van der Waals surface area contributed by atoms with Crippen molar-refractivity contribution in [2.75, 3.05) is 24.7 Å². The summed E-state index contributed by atoms with van der Waals surface area (Å²) in [6.45, 7) is 8.03. The summed E-state index contributed by atoms with van der Waals surface area (Å²) < 4.78 is 17.1. The number of hydrogen-bond donors (Lipinski definition) is 1. The number of ether oxygens (including phenoxy) is 1. The van der Waals surface area contributed by atoms with Gasteiger partial charge in [-0.15, -0.1) is 0 Å². The molecule has 0 spiro atoms. The average Bonchev–Trinajstić information content (AvgIpc) is 2.54. The fraction of sp³-hybridized carbons (Fsp3) is 1.00. The third-order valence-electron chi connectivity index (χ3n) is 2.38. The fourth-order valence-electron chi connectivity index (χ4n) is 1.61. The van der Waals surface area contributed by atoms with Gasteiger partial charge in [0.1, 0.15) is 0 Å². The van der Waals surface area contributed by atoms with Crippen molar-refractivity contribution < 1.29 is 8.95 Å². The van der Waals surface area contributed by atoms with Gasteiger partial charge < -0.3 is 10.1 Å². The lowest BCUT2D eigenvalue weighted by Gasteiger charge is -2.20. The Kier molecular flexibility index (Phi) is 5.23. The van der Waals surface area contributed by atoms with Gasteiger partial charge in [0.05, 0.1) is 6.10 Å². The highest BCUT2D eigenvalue weighted by Crippen LogP contribution is 2.12. The third-order valence-corrected chi connectivity index (χ3v) is 3.78. The molecule has 1 aliphatic rings. The van der Waals surface area contributed by atoms with Crippen LogP contribution in [-0.4, -0.2) is 40.5 Å². The van der Waals surface area contributed by atoms with E-state index in [1.807, 2.05) is 0 Å². The van der Waals surface area contributed by atoms with Gasteiger partial charge in [-0.2, -0.15) is 0 Å². The molecule has 1 heterocycles. The van der Waals surface area contributed by atoms with Gasteiger partial charge in [0.15, 0.2) is 0 Å². The van der Waals surface area contributed by atoms with Crippen molar-refractivity contribution >= 4 is 10.8 Å². The van der Waals surface area contributed by atoms with Crippen LogP contribution in [0, 0.1) is 0 Å². The highest BCUT2D eigenvalue weighted by molar-refractivity contribution is 7.85. The molecule has 1 aliphatic heterocycles. The van der Waals surface area contributed by atoms with Crippen molar-refractivity contribution in [2.45, 2.75) is 45.3 Å². The third kappa shape index (κ3) is 6.28. The fourth-order valence-corrected chi connectivity index (χ4v) is 2.78. The van der Waals surface area contributed by atoms with Crippen LogP contribution in [0.15, 0.2) is 0 Å². The Labute approximate surface area is 95.4 Å². The molecule has 3 nitrogen and oxygen atoms in total. The lowest BCUT2D eigenvalue weighted by Crippen LogP contribution is -2.38. The molecule has 0 aliphatic carbocycles. The summed E-state index contributed by atoms with van der Waals surface area (Å²) in [5.41, 5.74) is 0.119. The van der Waals surface area contributed by atoms with Crippen LogP contribution in [0.1, 0.15) is 33.6 Å². The van der Waals surface area contributed by atoms with E-state index in [1.165, 1.54) is 0 Å². The van der Waals surface area contributed by atoms with Crippen molar-refractivity contribution in [2.24, 2.45) is 0 Å². The van der Waals surface area contributed by atoms with Crippen LogP contribution in [-0.2, 0) is 15.5 Å². The summed E-state index contributed by atoms with van der Waals surface area (Å²) >= 11 is 0. The van der Waals surface area contributed by atoms with Crippen LogP contribution in [0.25, 0.3) is 0 Å². The molecular formula is C11H23NO2S. The molecule has 90 valence electrons. The first-order chi connectivity index (χ1) is 6.97. The smallest absolute Gasteiger partial charge is 0.0691 e. The SMILES string of the molecule is CC(C)(C)NCCS(=O)CC1CCCO1. The Hall–Kier alpha value is 0.0700. The lowest BCUT2D eigenvalue weighted by atomic mass is 10.1. The second-order valence-electron chi connectivity index (χ2n) is 5.12. The standard InChI is InChI=1S/C11H23NO2S/c1-11(2,3)12-6-8-15(13)9-10-5-4-7-14-10/h10,12H,4-9H2,1-3H3. The number of nitrogens with one attached hydrogen (secondary N) is 1. The summed E-state index contributed by atoms with van der Waals surface area (Å²) in [6, 6.07) is 0. The maximum absolute atomic E-state index is 11.7. The maximum atomic E-state index is 11.7. The second-order valence-corrected chi connectivity index (χ2v) is 6.74. The Morgan fingerprint density at radius 1 is 1.47 bits per heavy atom. The minimum absolute atomic E-state index is 0.119. The zero-order chi connectivity index (χ0) is 11.3. The summed E-state index contributed by atoms with van der Waals surface area (Å²) in [7, 11) is -0.732. The largest absolute Gasteiger partial charge is 0.377 e. The van der Waals surface area contributed by atoms with Gasteiger partial charge in [-0.3, -0.25) is 4.21 Å². The summed E-state index contributed by atoms with van der Waals surface area (Å²) in [5, 5.41) is 3.34. The van der Waals surface area contributed by atoms with Crippen LogP contribution >= 0.6 is 0 Å². The van der Waals surface area contributed by atoms with Crippen molar-refractivity contribution in [3.8, 4) is 0 Å². The van der Waals surface area contributed by atoms with Gasteiger partial charge in [-0.1, -0.05) is 0 Å². The zero-order valence-electron chi connectivity index (χ0n) is 10.0. The lowest BCUT2D eigenvalue weighted by molar-refractivity contribution is 0.128. The van der Waals surface area contributed by atoms with Crippen LogP contribution < -0.4 is 5.32 Å². The Balaban J connectivity index is 2.08. The quantitative estimate of drug-likeness (QED) is 0.778. The van der Waals surface area contributed by atoms with E-state index in [-0.39, 0.29) is 11.6 Å². The molecule has 1 fully saturated rings. The summed E-state index contributed by atoms with van der Waals surface area (Å²) in [5.74, 6) is 1.45. The normalized spacial score (nSPS) is 24.3. The summed E-state index contributed by atoms with van der Waals surface area (Å²) in [6.07, 6.45) is 2.46. The van der Waals surface area contributed by atoms with Crippen LogP contribution in [0.3, 0.4) is 0 Å². The molecule has 1 N–H and O–H groups in total. The first-order valence-electron chi connectivity index (χ1n) is 5.69. The molecule has 0 amide bonds. The Morgan fingerprint density at radius 2 is 2.20 bits per heavy atom. The van der Waals surface area contributed by atoms with Crippen molar-refractivity contribution in [3.05, 3.63) is 0 Å². The molecule has 4 heteroatoms. The molecule has 0 aromatic rings. The summed E-state index contributed by atoms with van der Waals surface area (Å²) in [4.78, 5) is 0. The van der Waals surface area contributed by atoms with Crippen LogP contribution in [0.5, 0.6) is 0 Å². The number of rotatable bonds is 5. The van der Waals surface area contributed by atoms with Gasteiger partial charge in [0, 0.05) is 41.0 Å². The van der Waals surface area contributed by atoms with Crippen LogP contribution in [0.4, 0.5) is 0 Å². The molecule has 1 rings (SSSR count). The van der Waals surface area contributed by atoms with E-state index in [1.54, 1.807) is 0 Å². The first kappa shape index (κ1) is 13.1. The predicted molar refractivity (Wildman–Crippen MR) is 64.6 cm³/mol. The van der Waals surface area contributed by atoms with Crippen molar-refractivity contribution in [3.63, 3.8) is 0 Å². The Bertz CT molecular complexity index is 207. The van der Waals surface area contributed by atoms with E-state index < -0.39 is 10.8 Å². The molecular weight excluding hydrogens is 210 g/mol. The molecule has 15 heavy (non-hydrogen) atoms. The molecule has 0 saturated carbocycles. The van der Waals surface area contributed by atoms with Crippen LogP contribution in [0.2, 0.25) is 0 Å². The molecule has 0 aromatic heterocycles. The molecule has 2 unspecified atom stereocenters. The van der Waals surface area contributed by atoms with E-state index in [9.17, 15) is 4.21 Å². The minimum atomic E-state index is -0.732. The van der Waals surface area contributed by atoms with Gasteiger partial charge in [0.2, 0.25) is 0 Å². The second kappa shape index (κ2) is 5.97. The molecule has 0 radical (unpaired) electrons. The number of hydrogen-bond acceptors (Lipinski definition) is 3. The molecule has 2 atom stereocenters. The van der Waals surface area contributed by atoms with E-state index >= 15 is 0 Å². The van der Waals surface area contributed by atoms with Gasteiger partial charge in [-0.25, -0.2) is 0 Å². The van der Waals surface area contributed by atoms with Crippen molar-refractivity contribution in [1.82, 2.24) is 5.32 Å². The van der Waals surface area contributed by atoms with E-state index in [2.05, 4.69) is 26.1 Å². The molecule has 0 aromatic carbocycles. The zero-order valence-corrected chi connectivity index (χ0v) is 10.9. The first-order valence-corrected chi connectivity index (χ1v) is 7.18. The van der Waals surface area contributed by atoms with Crippen molar-refractivity contribution in [1.29, 1.82) is 0 Å². The Morgan fingerprint density at radius 3 is 2.73 bits per heavy atom. The van der Waals surface area contributed by atoms with E-state index in [4.69, 9.17) is 4.74 Å². The van der Waals surface area contributed by atoms with E-state index in [0.717, 1.165) is 31.7 Å². The van der Waals surface area contributed by atoms with Gasteiger partial charge >= 0.3 is 0 Å². The van der Waals surface area contributed by atoms with Gasteiger partial charge in [-0.05, 0) is 33.6 Å². The molecule has 0 bridgehead atoms. The molecule has 1 saturated heterocycles. The van der Waals surface area contributed by atoms with E-state index in [0.29, 0.717) is 5.75 Å². The van der Waals surface area contributed by atoms with Gasteiger partial charge in [0.25, 0.3) is 0 Å². The highest BCUT2D eigenvalue weighted by Gasteiger charge is 2.18.